The molecule has 1 unspecified atom stereocenters. The number of hydrogen-bond donors (Lipinski definition) is 1. The second-order valence-electron chi connectivity index (χ2n) is 6.00. The Morgan fingerprint density at radius 2 is 2.14 bits per heavy atom. The molecular weight excluding hydrogens is 280 g/mol. The molecule has 1 saturated heterocycles. The Bertz CT molecular complexity index is 436. The normalized spacial score (nSPS) is 17.6. The first-order chi connectivity index (χ1) is 10.6. The molecule has 1 aliphatic rings. The first kappa shape index (κ1) is 17.2. The van der Waals surface area contributed by atoms with Crippen LogP contribution in [-0.4, -0.2) is 80.6 Å². The van der Waals surface area contributed by atoms with Crippen molar-refractivity contribution >= 4 is 0 Å². The maximum absolute atomic E-state index is 10.1. The number of likely N-dealkylation sites (N-methyl/N-ethyl adjacent to an activating group) is 1. The van der Waals surface area contributed by atoms with Crippen LogP contribution in [0.15, 0.2) is 24.3 Å². The molecule has 0 radical (unpaired) electrons. The van der Waals surface area contributed by atoms with Gasteiger partial charge >= 0.3 is 0 Å². The first-order valence-electron chi connectivity index (χ1n) is 7.99. The highest BCUT2D eigenvalue weighted by atomic mass is 16.5. The van der Waals surface area contributed by atoms with Crippen molar-refractivity contribution in [2.24, 2.45) is 0 Å². The number of hydrogen-bond acceptors (Lipinski definition) is 5. The van der Waals surface area contributed by atoms with Gasteiger partial charge in [-0.2, -0.15) is 0 Å². The third-order valence-electron chi connectivity index (χ3n) is 3.86. The van der Waals surface area contributed by atoms with Gasteiger partial charge in [0.05, 0.1) is 13.2 Å². The van der Waals surface area contributed by atoms with Crippen LogP contribution in [0.2, 0.25) is 0 Å². The maximum Gasteiger partial charge on any atom is 0.119 e. The number of aliphatic hydroxyl groups is 1. The van der Waals surface area contributed by atoms with Gasteiger partial charge < -0.3 is 19.5 Å². The summed E-state index contributed by atoms with van der Waals surface area (Å²) >= 11 is 0. The van der Waals surface area contributed by atoms with Crippen LogP contribution in [0.4, 0.5) is 0 Å². The van der Waals surface area contributed by atoms with Crippen LogP contribution in [-0.2, 0) is 4.74 Å². The average molecular weight is 308 g/mol. The van der Waals surface area contributed by atoms with Crippen LogP contribution in [0, 0.1) is 6.92 Å². The molecule has 0 aliphatic carbocycles. The summed E-state index contributed by atoms with van der Waals surface area (Å²) in [5.41, 5.74) is 1.16. The zero-order valence-electron chi connectivity index (χ0n) is 13.7. The van der Waals surface area contributed by atoms with Gasteiger partial charge in [0.15, 0.2) is 0 Å². The van der Waals surface area contributed by atoms with Crippen molar-refractivity contribution in [1.29, 1.82) is 0 Å². The van der Waals surface area contributed by atoms with Crippen molar-refractivity contribution in [2.75, 3.05) is 59.6 Å². The third-order valence-corrected chi connectivity index (χ3v) is 3.86. The smallest absolute Gasteiger partial charge is 0.119 e. The van der Waals surface area contributed by atoms with E-state index >= 15 is 0 Å². The van der Waals surface area contributed by atoms with Gasteiger partial charge in [-0.3, -0.25) is 4.90 Å². The summed E-state index contributed by atoms with van der Waals surface area (Å²) in [6.07, 6.45) is -0.477. The number of nitrogens with zero attached hydrogens (tertiary/aromatic N) is 2. The number of rotatable bonds is 8. The third kappa shape index (κ3) is 6.32. The molecule has 0 aromatic heterocycles. The van der Waals surface area contributed by atoms with Gasteiger partial charge in [0.2, 0.25) is 0 Å². The van der Waals surface area contributed by atoms with E-state index in [1.807, 2.05) is 38.2 Å². The predicted molar refractivity (Wildman–Crippen MR) is 87.4 cm³/mol. The van der Waals surface area contributed by atoms with Crippen molar-refractivity contribution in [3.63, 3.8) is 0 Å². The summed E-state index contributed by atoms with van der Waals surface area (Å²) < 4.78 is 11.0. The molecule has 0 bridgehead atoms. The van der Waals surface area contributed by atoms with Crippen LogP contribution < -0.4 is 4.74 Å². The predicted octanol–water partition coefficient (Wildman–Crippen LogP) is 0.999. The second kappa shape index (κ2) is 9.10. The Labute approximate surface area is 133 Å². The quantitative estimate of drug-likeness (QED) is 0.776. The highest BCUT2D eigenvalue weighted by Crippen LogP contribution is 2.12. The summed E-state index contributed by atoms with van der Waals surface area (Å²) in [5.74, 6) is 0.815. The Balaban J connectivity index is 1.62. The average Bonchev–Trinajstić information content (AvgIpc) is 2.52. The molecule has 1 atom stereocenters. The molecular formula is C17H28N2O3. The molecule has 22 heavy (non-hydrogen) atoms. The van der Waals surface area contributed by atoms with Gasteiger partial charge in [0.25, 0.3) is 0 Å². The lowest BCUT2D eigenvalue weighted by Gasteiger charge is -2.29. The molecule has 0 spiro atoms. The lowest BCUT2D eigenvalue weighted by molar-refractivity contribution is 0.0297. The molecule has 2 rings (SSSR count). The minimum absolute atomic E-state index is 0.325. The Hall–Kier alpha value is -1.14. The molecule has 5 heteroatoms. The fourth-order valence-electron chi connectivity index (χ4n) is 2.54. The minimum atomic E-state index is -0.477. The summed E-state index contributed by atoms with van der Waals surface area (Å²) in [7, 11) is 2.04. The van der Waals surface area contributed by atoms with Crippen LogP contribution in [0.1, 0.15) is 5.56 Å². The van der Waals surface area contributed by atoms with Crippen LogP contribution in [0.25, 0.3) is 0 Å². The fraction of sp³-hybridized carbons (Fsp3) is 0.647. The van der Waals surface area contributed by atoms with Gasteiger partial charge in [0.1, 0.15) is 18.5 Å². The number of aliphatic hydroxyl groups excluding tert-OH is 1. The topological polar surface area (TPSA) is 45.2 Å². The van der Waals surface area contributed by atoms with Gasteiger partial charge in [-0.1, -0.05) is 12.1 Å². The zero-order valence-corrected chi connectivity index (χ0v) is 13.7. The molecule has 0 saturated carbocycles. The van der Waals surface area contributed by atoms with E-state index < -0.39 is 6.10 Å². The number of benzene rings is 1. The van der Waals surface area contributed by atoms with Crippen molar-refractivity contribution in [1.82, 2.24) is 9.80 Å². The molecule has 0 amide bonds. The fourth-order valence-corrected chi connectivity index (χ4v) is 2.54. The molecule has 1 heterocycles. The van der Waals surface area contributed by atoms with E-state index in [0.717, 1.165) is 50.7 Å². The van der Waals surface area contributed by atoms with Gasteiger partial charge in [-0.05, 0) is 31.7 Å². The largest absolute Gasteiger partial charge is 0.491 e. The summed E-state index contributed by atoms with van der Waals surface area (Å²) in [4.78, 5) is 4.55. The number of aryl methyl sites for hydroxylation is 1. The standard InChI is InChI=1S/C17H28N2O3/c1-15-4-3-5-17(12-15)22-14-16(20)13-18(2)6-7-19-8-10-21-11-9-19/h3-5,12,16,20H,6-11,13-14H2,1-2H3. The van der Waals surface area contributed by atoms with E-state index in [-0.39, 0.29) is 0 Å². The van der Waals surface area contributed by atoms with Gasteiger partial charge in [-0.15, -0.1) is 0 Å². The van der Waals surface area contributed by atoms with E-state index in [1.54, 1.807) is 0 Å². The summed E-state index contributed by atoms with van der Waals surface area (Å²) in [6, 6.07) is 7.89. The van der Waals surface area contributed by atoms with Crippen molar-refractivity contribution in [3.8, 4) is 5.75 Å². The first-order valence-corrected chi connectivity index (χ1v) is 7.99. The Morgan fingerprint density at radius 1 is 1.36 bits per heavy atom. The lowest BCUT2D eigenvalue weighted by atomic mass is 10.2. The van der Waals surface area contributed by atoms with E-state index in [9.17, 15) is 5.11 Å². The van der Waals surface area contributed by atoms with E-state index in [1.165, 1.54) is 0 Å². The van der Waals surface area contributed by atoms with Gasteiger partial charge in [0, 0.05) is 32.7 Å². The zero-order chi connectivity index (χ0) is 15.8. The highest BCUT2D eigenvalue weighted by Gasteiger charge is 2.13. The Kier molecular flexibility index (Phi) is 7.12. The maximum atomic E-state index is 10.1. The number of morpholine rings is 1. The van der Waals surface area contributed by atoms with Crippen molar-refractivity contribution in [2.45, 2.75) is 13.0 Å². The molecule has 1 aromatic rings. The summed E-state index contributed by atoms with van der Waals surface area (Å²) in [5, 5.41) is 10.1. The van der Waals surface area contributed by atoms with E-state index in [2.05, 4.69) is 9.80 Å². The molecule has 1 aromatic carbocycles. The molecule has 1 fully saturated rings. The number of ether oxygens (including phenoxy) is 2. The van der Waals surface area contributed by atoms with E-state index in [4.69, 9.17) is 9.47 Å². The highest BCUT2D eigenvalue weighted by molar-refractivity contribution is 5.27. The summed E-state index contributed by atoms with van der Waals surface area (Å²) in [6.45, 7) is 8.62. The van der Waals surface area contributed by atoms with Crippen LogP contribution >= 0.6 is 0 Å². The lowest BCUT2D eigenvalue weighted by Crippen LogP contribution is -2.42. The van der Waals surface area contributed by atoms with E-state index in [0.29, 0.717) is 13.2 Å². The van der Waals surface area contributed by atoms with Crippen LogP contribution in [0.5, 0.6) is 5.75 Å². The minimum Gasteiger partial charge on any atom is -0.491 e. The van der Waals surface area contributed by atoms with Crippen molar-refractivity contribution < 1.29 is 14.6 Å². The van der Waals surface area contributed by atoms with Crippen molar-refractivity contribution in [3.05, 3.63) is 29.8 Å². The monoisotopic (exact) mass is 308 g/mol. The molecule has 1 aliphatic heterocycles. The van der Waals surface area contributed by atoms with Gasteiger partial charge in [-0.25, -0.2) is 0 Å². The molecule has 1 N–H and O–H groups in total. The molecule has 124 valence electrons. The van der Waals surface area contributed by atoms with Crippen LogP contribution in [0.3, 0.4) is 0 Å². The Morgan fingerprint density at radius 3 is 2.86 bits per heavy atom. The second-order valence-corrected chi connectivity index (χ2v) is 6.00. The molecule has 5 nitrogen and oxygen atoms in total. The SMILES string of the molecule is Cc1cccc(OCC(O)CN(C)CCN2CCOCC2)c1.